The first-order chi connectivity index (χ1) is 6.55. The quantitative estimate of drug-likeness (QED) is 0.725. The first-order valence-electron chi connectivity index (χ1n) is 4.33. The molecule has 0 aliphatic carbocycles. The van der Waals surface area contributed by atoms with Gasteiger partial charge in [-0.3, -0.25) is 4.57 Å². The summed E-state index contributed by atoms with van der Waals surface area (Å²) in [5, 5.41) is 0.641. The smallest absolute Gasteiger partial charge is 0.309 e. The van der Waals surface area contributed by atoms with E-state index in [1.165, 1.54) is 14.2 Å². The summed E-state index contributed by atoms with van der Waals surface area (Å²) in [6.45, 7) is 3.88. The molecule has 0 atom stereocenters. The molecular formula is C10H15O3P. The second kappa shape index (κ2) is 4.26. The monoisotopic (exact) mass is 214 g/mol. The van der Waals surface area contributed by atoms with Gasteiger partial charge in [0.25, 0.3) is 0 Å². The van der Waals surface area contributed by atoms with E-state index in [-0.39, 0.29) is 0 Å². The van der Waals surface area contributed by atoms with Crippen molar-refractivity contribution >= 4 is 12.9 Å². The Morgan fingerprint density at radius 2 is 1.71 bits per heavy atom. The number of rotatable bonds is 3. The Labute approximate surface area is 84.6 Å². The minimum atomic E-state index is -3.10. The van der Waals surface area contributed by atoms with Crippen LogP contribution in [0.15, 0.2) is 18.2 Å². The fourth-order valence-corrected chi connectivity index (χ4v) is 2.70. The van der Waals surface area contributed by atoms with Crippen LogP contribution in [-0.4, -0.2) is 14.2 Å². The molecular weight excluding hydrogens is 199 g/mol. The number of hydrogen-bond acceptors (Lipinski definition) is 3. The van der Waals surface area contributed by atoms with E-state index in [0.29, 0.717) is 5.30 Å². The summed E-state index contributed by atoms with van der Waals surface area (Å²) in [6.07, 6.45) is 0. The highest BCUT2D eigenvalue weighted by Gasteiger charge is 2.26. The largest absolute Gasteiger partial charge is 0.361 e. The van der Waals surface area contributed by atoms with E-state index in [9.17, 15) is 4.57 Å². The molecule has 0 saturated carbocycles. The molecule has 0 aromatic heterocycles. The molecule has 0 fully saturated rings. The van der Waals surface area contributed by atoms with E-state index in [1.807, 2.05) is 26.0 Å². The molecule has 4 heteroatoms. The average molecular weight is 214 g/mol. The van der Waals surface area contributed by atoms with E-state index in [1.54, 1.807) is 6.07 Å². The SMILES string of the molecule is COP(=O)(OC)c1cccc(C)c1C. The normalized spacial score (nSPS) is 11.7. The van der Waals surface area contributed by atoms with Gasteiger partial charge in [0, 0.05) is 14.2 Å². The lowest BCUT2D eigenvalue weighted by Gasteiger charge is -2.16. The highest BCUT2D eigenvalue weighted by atomic mass is 31.2. The van der Waals surface area contributed by atoms with Gasteiger partial charge in [0.05, 0.1) is 5.30 Å². The number of aryl methyl sites for hydroxylation is 1. The summed E-state index contributed by atoms with van der Waals surface area (Å²) in [5.41, 5.74) is 2.04. The summed E-state index contributed by atoms with van der Waals surface area (Å²) < 4.78 is 22.0. The van der Waals surface area contributed by atoms with Crippen molar-refractivity contribution in [3.8, 4) is 0 Å². The molecule has 0 aliphatic heterocycles. The fourth-order valence-electron chi connectivity index (χ4n) is 1.30. The van der Waals surface area contributed by atoms with Crippen LogP contribution in [0.1, 0.15) is 11.1 Å². The second-order valence-corrected chi connectivity index (χ2v) is 5.29. The zero-order chi connectivity index (χ0) is 10.8. The molecule has 1 aromatic carbocycles. The molecule has 3 nitrogen and oxygen atoms in total. The van der Waals surface area contributed by atoms with Crippen LogP contribution in [-0.2, 0) is 13.6 Å². The Morgan fingerprint density at radius 1 is 1.14 bits per heavy atom. The van der Waals surface area contributed by atoms with Gasteiger partial charge >= 0.3 is 7.60 Å². The van der Waals surface area contributed by atoms with Crippen LogP contribution in [0.5, 0.6) is 0 Å². The second-order valence-electron chi connectivity index (χ2n) is 3.08. The van der Waals surface area contributed by atoms with Gasteiger partial charge in [0.2, 0.25) is 0 Å². The van der Waals surface area contributed by atoms with Crippen LogP contribution in [0.2, 0.25) is 0 Å². The molecule has 0 unspecified atom stereocenters. The molecule has 1 aromatic rings. The lowest BCUT2D eigenvalue weighted by Crippen LogP contribution is -2.12. The predicted molar refractivity (Wildman–Crippen MR) is 57.2 cm³/mol. The molecule has 0 bridgehead atoms. The van der Waals surface area contributed by atoms with Gasteiger partial charge in [-0.05, 0) is 31.0 Å². The van der Waals surface area contributed by atoms with Crippen LogP contribution >= 0.6 is 7.60 Å². The van der Waals surface area contributed by atoms with Crippen LogP contribution in [0.3, 0.4) is 0 Å². The summed E-state index contributed by atoms with van der Waals surface area (Å²) >= 11 is 0. The zero-order valence-electron chi connectivity index (χ0n) is 8.90. The topological polar surface area (TPSA) is 35.5 Å². The van der Waals surface area contributed by atoms with Crippen molar-refractivity contribution in [2.75, 3.05) is 14.2 Å². The Hall–Kier alpha value is -0.630. The Bertz CT molecular complexity index is 366. The molecule has 0 radical (unpaired) electrons. The maximum atomic E-state index is 12.1. The van der Waals surface area contributed by atoms with Gasteiger partial charge in [-0.15, -0.1) is 0 Å². The summed E-state index contributed by atoms with van der Waals surface area (Å²) in [5.74, 6) is 0. The van der Waals surface area contributed by atoms with E-state index in [2.05, 4.69) is 0 Å². The third-order valence-electron chi connectivity index (χ3n) is 2.35. The first-order valence-corrected chi connectivity index (χ1v) is 5.87. The Kier molecular flexibility index (Phi) is 3.48. The van der Waals surface area contributed by atoms with Crippen LogP contribution in [0.25, 0.3) is 0 Å². The molecule has 78 valence electrons. The minimum absolute atomic E-state index is 0.641. The highest BCUT2D eigenvalue weighted by molar-refractivity contribution is 7.62. The van der Waals surface area contributed by atoms with Gasteiger partial charge in [-0.25, -0.2) is 0 Å². The van der Waals surface area contributed by atoms with Crippen molar-refractivity contribution in [3.63, 3.8) is 0 Å². The van der Waals surface area contributed by atoms with Gasteiger partial charge in [-0.1, -0.05) is 12.1 Å². The van der Waals surface area contributed by atoms with Crippen molar-refractivity contribution in [1.82, 2.24) is 0 Å². The Balaban J connectivity index is 3.32. The lowest BCUT2D eigenvalue weighted by atomic mass is 10.1. The molecule has 14 heavy (non-hydrogen) atoms. The molecule has 1 rings (SSSR count). The Morgan fingerprint density at radius 3 is 2.21 bits per heavy atom. The number of hydrogen-bond donors (Lipinski definition) is 0. The average Bonchev–Trinajstić information content (AvgIpc) is 2.21. The standard InChI is InChI=1S/C10H15O3P/c1-8-6-5-7-10(9(8)2)14(11,12-3)13-4/h5-7H,1-4H3. The predicted octanol–water partition coefficient (Wildman–Crippen LogP) is 2.41. The maximum Gasteiger partial charge on any atom is 0.361 e. The van der Waals surface area contributed by atoms with Crippen molar-refractivity contribution in [2.24, 2.45) is 0 Å². The van der Waals surface area contributed by atoms with Crippen molar-refractivity contribution in [2.45, 2.75) is 13.8 Å². The van der Waals surface area contributed by atoms with E-state index in [4.69, 9.17) is 9.05 Å². The van der Waals surface area contributed by atoms with Gasteiger partial charge in [-0.2, -0.15) is 0 Å². The highest BCUT2D eigenvalue weighted by Crippen LogP contribution is 2.46. The van der Waals surface area contributed by atoms with E-state index < -0.39 is 7.60 Å². The van der Waals surface area contributed by atoms with Crippen molar-refractivity contribution in [3.05, 3.63) is 29.3 Å². The fraction of sp³-hybridized carbons (Fsp3) is 0.400. The van der Waals surface area contributed by atoms with Gasteiger partial charge < -0.3 is 9.05 Å². The molecule has 0 aliphatic rings. The molecule has 0 saturated heterocycles. The first kappa shape index (κ1) is 11.4. The maximum absolute atomic E-state index is 12.1. The molecule has 0 N–H and O–H groups in total. The zero-order valence-corrected chi connectivity index (χ0v) is 9.80. The van der Waals surface area contributed by atoms with E-state index in [0.717, 1.165) is 11.1 Å². The minimum Gasteiger partial charge on any atom is -0.309 e. The van der Waals surface area contributed by atoms with Crippen LogP contribution in [0.4, 0.5) is 0 Å². The van der Waals surface area contributed by atoms with Crippen LogP contribution in [0, 0.1) is 13.8 Å². The van der Waals surface area contributed by atoms with Crippen LogP contribution < -0.4 is 5.30 Å². The van der Waals surface area contributed by atoms with Crippen molar-refractivity contribution in [1.29, 1.82) is 0 Å². The van der Waals surface area contributed by atoms with Gasteiger partial charge in [0.15, 0.2) is 0 Å². The third kappa shape index (κ3) is 1.90. The third-order valence-corrected chi connectivity index (χ3v) is 4.39. The number of benzene rings is 1. The summed E-state index contributed by atoms with van der Waals surface area (Å²) in [7, 11) is -0.308. The summed E-state index contributed by atoms with van der Waals surface area (Å²) in [6, 6.07) is 5.59. The van der Waals surface area contributed by atoms with E-state index >= 15 is 0 Å². The van der Waals surface area contributed by atoms with Gasteiger partial charge in [0.1, 0.15) is 0 Å². The lowest BCUT2D eigenvalue weighted by molar-refractivity contribution is 0.287. The molecule has 0 amide bonds. The molecule has 0 heterocycles. The van der Waals surface area contributed by atoms with Crippen molar-refractivity contribution < 1.29 is 13.6 Å². The molecule has 0 spiro atoms. The summed E-state index contributed by atoms with van der Waals surface area (Å²) in [4.78, 5) is 0.